The van der Waals surface area contributed by atoms with E-state index in [0.29, 0.717) is 11.6 Å². The maximum absolute atomic E-state index is 12.2. The van der Waals surface area contributed by atoms with Crippen LogP contribution in [0.15, 0.2) is 22.8 Å². The van der Waals surface area contributed by atoms with Crippen molar-refractivity contribution >= 4 is 39.2 Å². The van der Waals surface area contributed by atoms with Crippen molar-refractivity contribution in [3.8, 4) is 0 Å². The minimum absolute atomic E-state index is 0.109. The summed E-state index contributed by atoms with van der Waals surface area (Å²) >= 11 is 1.65. The lowest BCUT2D eigenvalue weighted by Gasteiger charge is -2.12. The molecule has 8 nitrogen and oxygen atoms in total. The summed E-state index contributed by atoms with van der Waals surface area (Å²) in [6.07, 6.45) is 7.00. The van der Waals surface area contributed by atoms with Crippen LogP contribution in [0.4, 0.5) is 5.82 Å². The first-order valence-corrected chi connectivity index (χ1v) is 10.4. The van der Waals surface area contributed by atoms with Crippen molar-refractivity contribution in [2.24, 2.45) is 0 Å². The molecule has 0 aliphatic heterocycles. The smallest absolute Gasteiger partial charge is 0.328 e. The summed E-state index contributed by atoms with van der Waals surface area (Å²) in [7, 11) is 0. The van der Waals surface area contributed by atoms with E-state index in [1.54, 1.807) is 17.4 Å². The third-order valence-corrected chi connectivity index (χ3v) is 6.11. The van der Waals surface area contributed by atoms with Gasteiger partial charge in [0, 0.05) is 4.88 Å². The van der Waals surface area contributed by atoms with Crippen LogP contribution in [0.3, 0.4) is 0 Å². The second kappa shape index (κ2) is 8.20. The number of nitrogens with zero attached hydrogens (tertiary/aromatic N) is 2. The number of nitrogens with two attached hydrogens (primary N) is 1. The Balaban J connectivity index is 1.43. The van der Waals surface area contributed by atoms with E-state index in [-0.39, 0.29) is 12.4 Å². The van der Waals surface area contributed by atoms with Gasteiger partial charge in [0.2, 0.25) is 0 Å². The van der Waals surface area contributed by atoms with Crippen LogP contribution in [0, 0.1) is 0 Å². The Morgan fingerprint density at radius 2 is 2.14 bits per heavy atom. The number of rotatable bonds is 5. The highest BCUT2D eigenvalue weighted by Crippen LogP contribution is 2.37. The monoisotopic (exact) mass is 414 g/mol. The summed E-state index contributed by atoms with van der Waals surface area (Å²) in [6, 6.07) is 2.27. The summed E-state index contributed by atoms with van der Waals surface area (Å²) in [5.74, 6) is -0.164. The largest absolute Gasteiger partial charge is 0.459 e. The fraction of sp³-hybridized carbons (Fsp3) is 0.400. The van der Waals surface area contributed by atoms with Crippen LogP contribution in [0.5, 0.6) is 0 Å². The zero-order valence-corrected chi connectivity index (χ0v) is 16.9. The molecule has 9 heteroatoms. The van der Waals surface area contributed by atoms with E-state index in [0.717, 1.165) is 29.5 Å². The number of nitrogens with one attached hydrogen (secondary N) is 1. The molecule has 1 aliphatic rings. The molecule has 1 amide bonds. The third kappa shape index (κ3) is 4.09. The summed E-state index contributed by atoms with van der Waals surface area (Å²) in [6.45, 7) is 1.43. The van der Waals surface area contributed by atoms with Gasteiger partial charge in [0.05, 0.1) is 11.6 Å². The Kier molecular flexibility index (Phi) is 5.48. The highest BCUT2D eigenvalue weighted by atomic mass is 32.1. The van der Waals surface area contributed by atoms with Crippen LogP contribution in [0.1, 0.15) is 53.0 Å². The number of esters is 1. The minimum Gasteiger partial charge on any atom is -0.459 e. The second-order valence-electron chi connectivity index (χ2n) is 7.05. The molecule has 0 bridgehead atoms. The first-order chi connectivity index (χ1) is 14.0. The standard InChI is InChI=1S/C20H22N4O4S/c1-11(22-18(25)13-7-5-9-27-13)20(26)28-10-15-23-17(21)16-12-6-3-2-4-8-14(12)29-19(16)24-15/h5,7,9,11H,2-4,6,8,10H2,1H3,(H,22,25)(H2,21,23,24)/t11-/m0/s1. The number of hydrogen-bond donors (Lipinski definition) is 2. The maximum Gasteiger partial charge on any atom is 0.328 e. The first kappa shape index (κ1) is 19.4. The molecule has 0 radical (unpaired) electrons. The van der Waals surface area contributed by atoms with Crippen LogP contribution in [0.2, 0.25) is 0 Å². The van der Waals surface area contributed by atoms with Crippen molar-refractivity contribution in [1.82, 2.24) is 15.3 Å². The van der Waals surface area contributed by atoms with E-state index < -0.39 is 17.9 Å². The van der Waals surface area contributed by atoms with Gasteiger partial charge in [0.15, 0.2) is 18.2 Å². The fourth-order valence-corrected chi connectivity index (χ4v) is 4.76. The number of fused-ring (bicyclic) bond motifs is 3. The predicted molar refractivity (Wildman–Crippen MR) is 109 cm³/mol. The molecule has 1 atom stereocenters. The van der Waals surface area contributed by atoms with Crippen molar-refractivity contribution < 1.29 is 18.7 Å². The number of nitrogen functional groups attached to an aromatic ring is 1. The van der Waals surface area contributed by atoms with Gasteiger partial charge in [-0.2, -0.15) is 0 Å². The quantitative estimate of drug-likeness (QED) is 0.486. The molecule has 0 saturated carbocycles. The average Bonchev–Trinajstić information content (AvgIpc) is 3.29. The summed E-state index contributed by atoms with van der Waals surface area (Å²) in [4.78, 5) is 35.2. The Hall–Kier alpha value is -2.94. The highest BCUT2D eigenvalue weighted by molar-refractivity contribution is 7.19. The lowest BCUT2D eigenvalue weighted by Crippen LogP contribution is -2.39. The summed E-state index contributed by atoms with van der Waals surface area (Å²) in [5, 5.41) is 3.47. The van der Waals surface area contributed by atoms with E-state index in [2.05, 4.69) is 15.3 Å². The maximum atomic E-state index is 12.2. The van der Waals surface area contributed by atoms with Crippen LogP contribution >= 0.6 is 11.3 Å². The Morgan fingerprint density at radius 1 is 1.31 bits per heavy atom. The van der Waals surface area contributed by atoms with Crippen molar-refractivity contribution in [3.05, 3.63) is 40.4 Å². The van der Waals surface area contributed by atoms with E-state index in [1.165, 1.54) is 42.5 Å². The van der Waals surface area contributed by atoms with Crippen LogP contribution in [-0.4, -0.2) is 27.9 Å². The third-order valence-electron chi connectivity index (χ3n) is 4.93. The number of hydrogen-bond acceptors (Lipinski definition) is 8. The number of amides is 1. The van der Waals surface area contributed by atoms with Crippen LogP contribution < -0.4 is 11.1 Å². The number of thiophene rings is 1. The normalized spacial score (nSPS) is 14.8. The van der Waals surface area contributed by atoms with Crippen LogP contribution in [0.25, 0.3) is 10.2 Å². The van der Waals surface area contributed by atoms with Gasteiger partial charge < -0.3 is 20.2 Å². The molecule has 0 unspecified atom stereocenters. The van der Waals surface area contributed by atoms with Gasteiger partial charge in [0.25, 0.3) is 5.91 Å². The molecule has 1 aliphatic carbocycles. The summed E-state index contributed by atoms with van der Waals surface area (Å²) < 4.78 is 10.3. The lowest BCUT2D eigenvalue weighted by atomic mass is 10.1. The van der Waals surface area contributed by atoms with Gasteiger partial charge in [0.1, 0.15) is 16.7 Å². The molecular formula is C20H22N4O4S. The number of carbonyl (C=O) groups excluding carboxylic acids is 2. The lowest BCUT2D eigenvalue weighted by molar-refractivity contribution is -0.147. The Labute approximate surface area is 171 Å². The van der Waals surface area contributed by atoms with E-state index in [4.69, 9.17) is 14.9 Å². The fourth-order valence-electron chi connectivity index (χ4n) is 3.47. The van der Waals surface area contributed by atoms with Gasteiger partial charge in [-0.3, -0.25) is 4.79 Å². The first-order valence-electron chi connectivity index (χ1n) is 9.60. The van der Waals surface area contributed by atoms with Crippen molar-refractivity contribution in [3.63, 3.8) is 0 Å². The number of anilines is 1. The Bertz CT molecular complexity index is 1040. The van der Waals surface area contributed by atoms with E-state index in [1.807, 2.05) is 0 Å². The van der Waals surface area contributed by atoms with Gasteiger partial charge in [-0.15, -0.1) is 11.3 Å². The number of aromatic nitrogens is 2. The molecule has 3 aromatic heterocycles. The van der Waals surface area contributed by atoms with Gasteiger partial charge in [-0.1, -0.05) is 6.42 Å². The topological polar surface area (TPSA) is 120 Å². The van der Waals surface area contributed by atoms with E-state index in [9.17, 15) is 9.59 Å². The Morgan fingerprint density at radius 3 is 2.93 bits per heavy atom. The molecule has 3 N–H and O–H groups in total. The van der Waals surface area contributed by atoms with Gasteiger partial charge in [-0.05, 0) is 50.3 Å². The predicted octanol–water partition coefficient (Wildman–Crippen LogP) is 3.00. The minimum atomic E-state index is -0.841. The van der Waals surface area contributed by atoms with Gasteiger partial charge >= 0.3 is 5.97 Å². The highest BCUT2D eigenvalue weighted by Gasteiger charge is 2.22. The molecule has 0 fully saturated rings. The molecule has 152 valence electrons. The molecule has 3 heterocycles. The SMILES string of the molecule is C[C@H](NC(=O)c1ccco1)C(=O)OCc1nc(N)c2c3c(sc2n1)CCCCC3. The van der Waals surface area contributed by atoms with Gasteiger partial charge in [-0.25, -0.2) is 14.8 Å². The zero-order valence-electron chi connectivity index (χ0n) is 16.1. The molecule has 3 aromatic rings. The van der Waals surface area contributed by atoms with Crippen LogP contribution in [-0.2, 0) is 29.0 Å². The van der Waals surface area contributed by atoms with Crippen molar-refractivity contribution in [2.45, 2.75) is 51.7 Å². The molecule has 29 heavy (non-hydrogen) atoms. The molecule has 0 aromatic carbocycles. The molecule has 0 spiro atoms. The molecule has 0 saturated heterocycles. The zero-order chi connectivity index (χ0) is 20.4. The number of ether oxygens (including phenoxy) is 1. The molecular weight excluding hydrogens is 392 g/mol. The number of aryl methyl sites for hydroxylation is 2. The summed E-state index contributed by atoms with van der Waals surface area (Å²) in [5.41, 5.74) is 7.49. The average molecular weight is 414 g/mol. The number of carbonyl (C=O) groups is 2. The van der Waals surface area contributed by atoms with Crippen molar-refractivity contribution in [2.75, 3.05) is 5.73 Å². The van der Waals surface area contributed by atoms with E-state index >= 15 is 0 Å². The number of furan rings is 1. The second-order valence-corrected chi connectivity index (χ2v) is 8.13. The molecule has 4 rings (SSSR count). The van der Waals surface area contributed by atoms with Crippen molar-refractivity contribution in [1.29, 1.82) is 0 Å².